The molecule has 4 aromatic rings. The molecule has 0 atom stereocenters. The molecule has 2 heteroatoms. The summed E-state index contributed by atoms with van der Waals surface area (Å²) in [6, 6.07) is 19.6. The van der Waals surface area contributed by atoms with Crippen LogP contribution in [0.2, 0.25) is 0 Å². The minimum atomic E-state index is 1.01. The summed E-state index contributed by atoms with van der Waals surface area (Å²) < 4.78 is 0. The van der Waals surface area contributed by atoms with E-state index in [0.29, 0.717) is 0 Å². The number of benzene rings is 3. The molecule has 1 N–H and O–H groups in total. The van der Waals surface area contributed by atoms with Crippen molar-refractivity contribution in [1.82, 2.24) is 9.97 Å². The summed E-state index contributed by atoms with van der Waals surface area (Å²) in [7, 11) is 0. The molecule has 25 heavy (non-hydrogen) atoms. The van der Waals surface area contributed by atoms with Crippen LogP contribution in [0.1, 0.15) is 35.4 Å². The first-order chi connectivity index (χ1) is 12.2. The Morgan fingerprint density at radius 3 is 2.56 bits per heavy atom. The number of unbranched alkanes of at least 4 members (excludes halogenated alkanes) is 1. The summed E-state index contributed by atoms with van der Waals surface area (Å²) in [6.07, 6.45) is 4.47. The molecule has 0 spiro atoms. The number of hydrogen-bond acceptors (Lipinski definition) is 1. The largest absolute Gasteiger partial charge is 0.342 e. The smallest absolute Gasteiger partial charge is 0.107 e. The lowest BCUT2D eigenvalue weighted by atomic mass is 10.00. The van der Waals surface area contributed by atoms with Crippen LogP contribution in [0.5, 0.6) is 0 Å². The lowest BCUT2D eigenvalue weighted by Crippen LogP contribution is -1.92. The molecule has 0 saturated heterocycles. The van der Waals surface area contributed by atoms with Crippen LogP contribution in [0.4, 0.5) is 0 Å². The molecular formula is C23H24N2. The van der Waals surface area contributed by atoms with Crippen LogP contribution in [-0.2, 0) is 12.8 Å². The molecule has 0 saturated carbocycles. The van der Waals surface area contributed by atoms with Crippen molar-refractivity contribution in [2.75, 3.05) is 0 Å². The van der Waals surface area contributed by atoms with Crippen molar-refractivity contribution in [3.05, 3.63) is 77.1 Å². The highest BCUT2D eigenvalue weighted by atomic mass is 14.9. The number of fused-ring (bicyclic) bond motifs is 2. The number of H-pyrrole nitrogens is 1. The van der Waals surface area contributed by atoms with Gasteiger partial charge in [-0.2, -0.15) is 0 Å². The van der Waals surface area contributed by atoms with Crippen molar-refractivity contribution in [1.29, 1.82) is 0 Å². The van der Waals surface area contributed by atoms with E-state index >= 15 is 0 Å². The highest BCUT2D eigenvalue weighted by molar-refractivity contribution is 5.85. The van der Waals surface area contributed by atoms with Crippen LogP contribution < -0.4 is 0 Å². The summed E-state index contributed by atoms with van der Waals surface area (Å²) in [4.78, 5) is 8.29. The fourth-order valence-electron chi connectivity index (χ4n) is 3.60. The van der Waals surface area contributed by atoms with Gasteiger partial charge in [0, 0.05) is 6.42 Å². The predicted molar refractivity (Wildman–Crippen MR) is 106 cm³/mol. The number of aromatic amines is 1. The molecule has 126 valence electrons. The van der Waals surface area contributed by atoms with E-state index in [9.17, 15) is 0 Å². The lowest BCUT2D eigenvalue weighted by Gasteiger charge is -2.06. The highest BCUT2D eigenvalue weighted by Crippen LogP contribution is 2.22. The summed E-state index contributed by atoms with van der Waals surface area (Å²) in [5.74, 6) is 1.11. The van der Waals surface area contributed by atoms with Crippen LogP contribution >= 0.6 is 0 Å². The van der Waals surface area contributed by atoms with Crippen LogP contribution in [0.15, 0.2) is 54.6 Å². The summed E-state index contributed by atoms with van der Waals surface area (Å²) in [5, 5.41) is 2.72. The van der Waals surface area contributed by atoms with Crippen molar-refractivity contribution in [3.63, 3.8) is 0 Å². The van der Waals surface area contributed by atoms with Crippen LogP contribution in [0.25, 0.3) is 21.8 Å². The Balaban J connectivity index is 1.42. The van der Waals surface area contributed by atoms with E-state index in [1.165, 1.54) is 33.9 Å². The normalized spacial score (nSPS) is 11.4. The van der Waals surface area contributed by atoms with Crippen molar-refractivity contribution in [2.45, 2.75) is 39.5 Å². The van der Waals surface area contributed by atoms with E-state index in [0.717, 1.165) is 36.1 Å². The van der Waals surface area contributed by atoms with E-state index in [4.69, 9.17) is 4.98 Å². The maximum absolute atomic E-state index is 4.81. The van der Waals surface area contributed by atoms with E-state index < -0.39 is 0 Å². The van der Waals surface area contributed by atoms with E-state index in [1.54, 1.807) is 0 Å². The van der Waals surface area contributed by atoms with E-state index in [1.807, 2.05) is 0 Å². The number of aryl methyl sites for hydroxylation is 4. The topological polar surface area (TPSA) is 28.7 Å². The maximum atomic E-state index is 4.81. The highest BCUT2D eigenvalue weighted by Gasteiger charge is 2.07. The van der Waals surface area contributed by atoms with Gasteiger partial charge >= 0.3 is 0 Å². The third kappa shape index (κ3) is 3.17. The van der Waals surface area contributed by atoms with Gasteiger partial charge < -0.3 is 4.98 Å². The maximum Gasteiger partial charge on any atom is 0.107 e. The molecule has 0 aliphatic rings. The Hall–Kier alpha value is -2.61. The first kappa shape index (κ1) is 15.9. The Bertz CT molecular complexity index is 1020. The third-order valence-corrected chi connectivity index (χ3v) is 5.22. The van der Waals surface area contributed by atoms with E-state index in [-0.39, 0.29) is 0 Å². The zero-order chi connectivity index (χ0) is 17.2. The average Bonchev–Trinajstić information content (AvgIpc) is 3.06. The predicted octanol–water partition coefficient (Wildman–Crippen LogP) is 5.90. The SMILES string of the molecule is Cc1ccc2[nH]c(CCCCc3cccc4ccccc34)nc2c1C. The Labute approximate surface area is 148 Å². The molecule has 2 nitrogen and oxygen atoms in total. The van der Waals surface area contributed by atoms with Crippen molar-refractivity contribution in [3.8, 4) is 0 Å². The summed E-state index contributed by atoms with van der Waals surface area (Å²) in [6.45, 7) is 4.30. The van der Waals surface area contributed by atoms with Gasteiger partial charge in [-0.3, -0.25) is 0 Å². The van der Waals surface area contributed by atoms with Gasteiger partial charge in [-0.05, 0) is 66.6 Å². The molecule has 0 amide bonds. The number of imidazole rings is 1. The molecule has 0 bridgehead atoms. The fraction of sp³-hybridized carbons (Fsp3) is 0.261. The van der Waals surface area contributed by atoms with Gasteiger partial charge in [-0.15, -0.1) is 0 Å². The Morgan fingerprint density at radius 2 is 1.64 bits per heavy atom. The standard InChI is InChI=1S/C23H24N2/c1-16-14-15-21-23(17(16)2)25-22(24-21)13-6-4-9-19-11-7-10-18-8-3-5-12-20(18)19/h3,5,7-8,10-12,14-15H,4,6,9,13H2,1-2H3,(H,24,25). The minimum absolute atomic E-state index is 1.01. The molecule has 0 aliphatic heterocycles. The Kier molecular flexibility index (Phi) is 4.27. The molecule has 4 rings (SSSR count). The molecule has 0 radical (unpaired) electrons. The first-order valence-corrected chi connectivity index (χ1v) is 9.14. The van der Waals surface area contributed by atoms with Gasteiger partial charge in [0.25, 0.3) is 0 Å². The lowest BCUT2D eigenvalue weighted by molar-refractivity contribution is 0.717. The van der Waals surface area contributed by atoms with Crippen LogP contribution in [0.3, 0.4) is 0 Å². The molecule has 0 fully saturated rings. The zero-order valence-electron chi connectivity index (χ0n) is 15.0. The van der Waals surface area contributed by atoms with Crippen molar-refractivity contribution >= 4 is 21.8 Å². The van der Waals surface area contributed by atoms with Gasteiger partial charge in [0.1, 0.15) is 5.82 Å². The molecule has 1 aromatic heterocycles. The second-order valence-electron chi connectivity index (χ2n) is 6.93. The molecule has 3 aromatic carbocycles. The number of nitrogens with one attached hydrogen (secondary N) is 1. The van der Waals surface area contributed by atoms with Crippen LogP contribution in [-0.4, -0.2) is 9.97 Å². The number of hydrogen-bond donors (Lipinski definition) is 1. The first-order valence-electron chi connectivity index (χ1n) is 9.14. The second-order valence-corrected chi connectivity index (χ2v) is 6.93. The van der Waals surface area contributed by atoms with Gasteiger partial charge in [-0.25, -0.2) is 4.98 Å². The van der Waals surface area contributed by atoms with Gasteiger partial charge in [0.15, 0.2) is 0 Å². The summed E-state index contributed by atoms with van der Waals surface area (Å²) >= 11 is 0. The average molecular weight is 328 g/mol. The third-order valence-electron chi connectivity index (χ3n) is 5.22. The van der Waals surface area contributed by atoms with Gasteiger partial charge in [-0.1, -0.05) is 48.5 Å². The number of nitrogens with zero attached hydrogens (tertiary/aromatic N) is 1. The van der Waals surface area contributed by atoms with Crippen molar-refractivity contribution in [2.24, 2.45) is 0 Å². The molecule has 0 aliphatic carbocycles. The Morgan fingerprint density at radius 1 is 0.840 bits per heavy atom. The fourth-order valence-corrected chi connectivity index (χ4v) is 3.60. The van der Waals surface area contributed by atoms with E-state index in [2.05, 4.69) is 73.4 Å². The number of rotatable bonds is 5. The second kappa shape index (κ2) is 6.72. The molecular weight excluding hydrogens is 304 g/mol. The molecule has 0 unspecified atom stereocenters. The quantitative estimate of drug-likeness (QED) is 0.454. The van der Waals surface area contributed by atoms with Gasteiger partial charge in [0.2, 0.25) is 0 Å². The molecule has 1 heterocycles. The van der Waals surface area contributed by atoms with Gasteiger partial charge in [0.05, 0.1) is 11.0 Å². The monoisotopic (exact) mass is 328 g/mol. The minimum Gasteiger partial charge on any atom is -0.342 e. The summed E-state index contributed by atoms with van der Waals surface area (Å²) in [5.41, 5.74) is 6.34. The zero-order valence-corrected chi connectivity index (χ0v) is 15.0. The van der Waals surface area contributed by atoms with Crippen LogP contribution in [0, 0.1) is 13.8 Å². The number of aromatic nitrogens is 2. The van der Waals surface area contributed by atoms with Crippen molar-refractivity contribution < 1.29 is 0 Å².